The molecule has 0 amide bonds. The second-order valence-electron chi connectivity index (χ2n) is 32.7. The van der Waals surface area contributed by atoms with Gasteiger partial charge in [0.25, 0.3) is 16.7 Å². The van der Waals surface area contributed by atoms with Crippen molar-refractivity contribution in [2.24, 2.45) is 0 Å². The lowest BCUT2D eigenvalue weighted by Crippen LogP contribution is -2.31. The molecule has 6 aliphatic heterocycles. The molecule has 0 aliphatic carbocycles. The quantitative estimate of drug-likeness (QED) is 0.0136. The molecule has 6 saturated heterocycles. The Morgan fingerprint density at radius 3 is 0.931 bits per heavy atom. The Morgan fingerprint density at radius 1 is 0.345 bits per heavy atom. The van der Waals surface area contributed by atoms with E-state index in [0.717, 1.165) is 26.4 Å². The van der Waals surface area contributed by atoms with Crippen molar-refractivity contribution < 1.29 is 159 Å². The maximum absolute atomic E-state index is 14.2. The number of phosphoric ester groups is 6. The van der Waals surface area contributed by atoms with Crippen LogP contribution in [0.15, 0.2) is 133 Å². The molecule has 11 aromatic rings. The van der Waals surface area contributed by atoms with Crippen LogP contribution in [0, 0.1) is 0 Å². The zero-order valence-electron chi connectivity index (χ0n) is 74.7. The first-order valence-electron chi connectivity index (χ1n) is 43.4. The molecule has 0 radical (unpaired) electrons. The third kappa shape index (κ3) is 25.7. The summed E-state index contributed by atoms with van der Waals surface area (Å²) in [5.74, 6) is -0.749. The van der Waals surface area contributed by atoms with Crippen LogP contribution in [-0.2, 0) is 110 Å². The van der Waals surface area contributed by atoms with E-state index in [2.05, 4.69) is 59.8 Å². The standard InChI is InChI=1S/C75H92N24O40P6/c76-52-11-14-94(73(105)85-52)56-22-41(46(27-100)129-56)135-143(114,115)126-31-50-43(24-58(132-50)96-16-13-54(78)87-75(96)107)137-144(116,117)127-30-49-42(23-57(131-49)95-15-12-53(77)86-74(95)106)136-141(110,111)123-20-18-121-39-9-5-37(6-10-39)2-1-36-3-7-38(8-4-36)120-17-19-122-140(108,109)124-29-48-44(25-59(133-48)98-34-83-62-65(98)89-71(80)92-68(62)103)139-145(118,119)128-32-51-45(26-60(134-51)99-35-84-63-66(99)90-72(81)93-69(63)104)138-142(112,113)125-28-47-40(101)21-55(130-47)97-33-82-61-64(97)88-70(79)91-67(61)102/h1-16,33-35,40-51,55-60,100-101H,17-32H2,(H,108,109)(H,110,111)(H,112,113)(H,114,115)(H,116,117)(H,118,119)(H2,76,85,105)(H2,77,86,106)(H2,78,87,107)(H3,79,88,91,102)(H3,80,89,92,103)(H3,81,90,93,104)/b2-1+/t40-,41-,42-,43-,44-,45-,46+,47+,48+,49+,50+,51+,55+,56+,57+,58+,59+,60+/m0/s1. The monoisotopic (exact) mass is 2150 g/mol. The molecule has 15 heterocycles. The first-order valence-corrected chi connectivity index (χ1v) is 52.3. The van der Waals surface area contributed by atoms with Crippen LogP contribution in [-0.4, -0.2) is 266 Å². The first kappa shape index (κ1) is 105. The predicted molar refractivity (Wildman–Crippen MR) is 488 cm³/mol. The molecule has 6 aliphatic rings. The van der Waals surface area contributed by atoms with Gasteiger partial charge in [-0.15, -0.1) is 0 Å². The van der Waals surface area contributed by atoms with Crippen LogP contribution in [0.3, 0.4) is 0 Å². The Kier molecular flexibility index (Phi) is 31.5. The summed E-state index contributed by atoms with van der Waals surface area (Å²) in [7, 11) is -31.5. The summed E-state index contributed by atoms with van der Waals surface area (Å²) in [4.78, 5) is 186. The molecule has 70 heteroatoms. The molecule has 23 N–H and O–H groups in total. The number of phosphoric acid groups is 6. The van der Waals surface area contributed by atoms with Crippen molar-refractivity contribution >= 4 is 128 Å². The Labute approximate surface area is 809 Å². The van der Waals surface area contributed by atoms with Crippen LogP contribution in [0.25, 0.3) is 45.6 Å². The number of nitrogen functional groups attached to an aromatic ring is 6. The molecule has 9 aromatic heterocycles. The van der Waals surface area contributed by atoms with Gasteiger partial charge in [0.15, 0.2) is 33.5 Å². The predicted octanol–water partition coefficient (Wildman–Crippen LogP) is 0.000900. The first-order chi connectivity index (χ1) is 68.9. The zero-order valence-corrected chi connectivity index (χ0v) is 80.0. The summed E-state index contributed by atoms with van der Waals surface area (Å²) >= 11 is 0. The average molecular weight is 2160 g/mol. The van der Waals surface area contributed by atoms with Gasteiger partial charge in [-0.1, -0.05) is 36.4 Å². The van der Waals surface area contributed by atoms with E-state index < -0.39 is 270 Å². The molecular weight excluding hydrogens is 2060 g/mol. The number of aromatic amines is 3. The van der Waals surface area contributed by atoms with Gasteiger partial charge >= 0.3 is 64.0 Å². The summed E-state index contributed by atoms with van der Waals surface area (Å²) in [6, 6.07) is 16.9. The second-order valence-corrected chi connectivity index (χ2v) is 41.2. The Balaban J connectivity index is 0.470. The fraction of sp³-hybridized carbons (Fsp3) is 0.453. The zero-order chi connectivity index (χ0) is 103. The third-order valence-corrected chi connectivity index (χ3v) is 28.9. The number of ether oxygens (including phenoxy) is 8. The van der Waals surface area contributed by atoms with E-state index in [1.165, 1.54) is 56.8 Å². The van der Waals surface area contributed by atoms with E-state index in [4.69, 9.17) is 127 Å². The van der Waals surface area contributed by atoms with Crippen molar-refractivity contribution in [2.45, 2.75) is 149 Å². The largest absolute Gasteiger partial charge is 0.491 e. The topological polar surface area (TPSA) is 900 Å². The van der Waals surface area contributed by atoms with E-state index in [1.54, 1.807) is 60.7 Å². The normalized spacial score (nSPS) is 27.0. The Bertz CT molecular complexity index is 7300. The number of anilines is 6. The number of fused-ring (bicyclic) bond motifs is 3. The molecule has 17 rings (SSSR count). The Morgan fingerprint density at radius 2 is 0.614 bits per heavy atom. The van der Waals surface area contributed by atoms with E-state index in [9.17, 15) is 95.7 Å². The van der Waals surface area contributed by atoms with E-state index in [-0.39, 0.29) is 94.8 Å². The highest BCUT2D eigenvalue weighted by atomic mass is 31.2. The average Bonchev–Trinajstić information content (AvgIpc) is 1.61. The number of nitrogens with two attached hydrogens (primary N) is 6. The lowest BCUT2D eigenvalue weighted by Gasteiger charge is -2.25. The van der Waals surface area contributed by atoms with E-state index >= 15 is 0 Å². The van der Waals surface area contributed by atoms with Crippen molar-refractivity contribution in [1.82, 2.24) is 87.2 Å². The second kappa shape index (κ2) is 43.6. The minimum absolute atomic E-state index is 0.0138. The molecule has 0 bridgehead atoms. The van der Waals surface area contributed by atoms with Crippen molar-refractivity contribution in [1.29, 1.82) is 0 Å². The lowest BCUT2D eigenvalue weighted by molar-refractivity contribution is -0.0619. The highest BCUT2D eigenvalue weighted by Crippen LogP contribution is 2.57. The number of imidazole rings is 3. The van der Waals surface area contributed by atoms with Gasteiger partial charge in [-0.05, 0) is 53.6 Å². The van der Waals surface area contributed by atoms with Crippen LogP contribution in [0.4, 0.5) is 35.3 Å². The highest BCUT2D eigenvalue weighted by Gasteiger charge is 2.52. The summed E-state index contributed by atoms with van der Waals surface area (Å²) in [5.41, 5.74) is 30.3. The SMILES string of the molecule is Nc1ccn([C@H]2C[C@H](OP(=O)(O)OC[C@H]3O[C@@H](n4ccc(N)nc4=O)C[C@@H]3OP(=O)(O)OC[C@H]3O[C@@H](n4ccc(N)nc4=O)C[C@@H]3OP(=O)(O)OCCOc3ccc(/C=C/c4ccc(OCCOP(=O)(O)OC[C@H]5O[C@@H](n6cnc7c(=O)[nH]c(N)nc76)C[C@@H]5OP(=O)(O)OC[C@H]5O[C@@H](n6cnc7c(=O)[nH]c(N)nc76)C[C@@H]5OP(=O)(O)OC[C@H]5O[C@@H](n6cnc7c(=O)[nH]c(N)nc76)C[C@@H]5O)cc4)cc3)[C@@H](CO)O2)c(=O)n1. The van der Waals surface area contributed by atoms with Gasteiger partial charge in [0.05, 0.1) is 77.9 Å². The minimum Gasteiger partial charge on any atom is -0.491 e. The Hall–Kier alpha value is -11.4. The van der Waals surface area contributed by atoms with E-state index in [1.807, 2.05) is 0 Å². The number of rotatable bonds is 44. The van der Waals surface area contributed by atoms with E-state index in [0.29, 0.717) is 22.6 Å². The number of nitrogens with one attached hydrogen (secondary N) is 3. The number of benzene rings is 2. The molecular formula is C75H92N24O40P6. The van der Waals surface area contributed by atoms with Crippen LogP contribution in [0.1, 0.15) is 87.0 Å². The van der Waals surface area contributed by atoms with Gasteiger partial charge in [-0.25, -0.2) is 56.7 Å². The van der Waals surface area contributed by atoms with Crippen molar-refractivity contribution in [3.63, 3.8) is 0 Å². The molecule has 145 heavy (non-hydrogen) atoms. The number of aliphatic hydroxyl groups excluding tert-OH is 2. The molecule has 0 spiro atoms. The molecule has 6 unspecified atom stereocenters. The van der Waals surface area contributed by atoms with Gasteiger partial charge < -0.3 is 112 Å². The summed E-state index contributed by atoms with van der Waals surface area (Å²) < 4.78 is 202. The van der Waals surface area contributed by atoms with Gasteiger partial charge in [-0.3, -0.25) is 111 Å². The van der Waals surface area contributed by atoms with Gasteiger partial charge in [0.2, 0.25) is 17.8 Å². The number of hydrogen-bond donors (Lipinski definition) is 17. The third-order valence-electron chi connectivity index (χ3n) is 22.8. The van der Waals surface area contributed by atoms with Gasteiger partial charge in [0.1, 0.15) is 147 Å². The minimum atomic E-state index is -5.44. The fourth-order valence-corrected chi connectivity index (χ4v) is 21.6. The number of aliphatic hydroxyl groups is 2. The number of hydrogen-bond acceptors (Lipinski definition) is 49. The van der Waals surface area contributed by atoms with Crippen LogP contribution in [0.2, 0.25) is 0 Å². The van der Waals surface area contributed by atoms with Crippen molar-refractivity contribution in [3.8, 4) is 11.5 Å². The van der Waals surface area contributed by atoms with Crippen molar-refractivity contribution in [3.05, 3.63) is 178 Å². The maximum Gasteiger partial charge on any atom is 0.472 e. The molecule has 64 nitrogen and oxygen atoms in total. The summed E-state index contributed by atoms with van der Waals surface area (Å²) in [6.45, 7) is -7.09. The lowest BCUT2D eigenvalue weighted by atomic mass is 10.1. The highest BCUT2D eigenvalue weighted by molar-refractivity contribution is 7.48. The molecule has 782 valence electrons. The molecule has 0 saturated carbocycles. The van der Waals surface area contributed by atoms with Crippen LogP contribution < -0.4 is 77.6 Å². The van der Waals surface area contributed by atoms with Gasteiger partial charge in [-0.2, -0.15) is 29.9 Å². The number of aromatic nitrogens is 18. The molecule has 6 fully saturated rings. The summed E-state index contributed by atoms with van der Waals surface area (Å²) in [5, 5.41) is 21.1. The number of nitrogens with zero attached hydrogens (tertiary/aromatic N) is 15. The van der Waals surface area contributed by atoms with Gasteiger partial charge in [0, 0.05) is 57.1 Å². The molecule has 2 aromatic carbocycles. The summed E-state index contributed by atoms with van der Waals surface area (Å²) in [6.07, 6.45) is -16.9. The smallest absolute Gasteiger partial charge is 0.472 e. The van der Waals surface area contributed by atoms with Crippen LogP contribution in [0.5, 0.6) is 11.5 Å². The van der Waals surface area contributed by atoms with Crippen molar-refractivity contribution in [2.75, 3.05) is 100 Å². The number of H-pyrrole nitrogens is 3. The maximum atomic E-state index is 14.2. The fourth-order valence-electron chi connectivity index (χ4n) is 16.2. The van der Waals surface area contributed by atoms with Crippen LogP contribution >= 0.6 is 46.9 Å². The molecule has 24 atom stereocenters.